The average Bonchev–Trinajstić information content (AvgIpc) is 3.66. The van der Waals surface area contributed by atoms with Gasteiger partial charge in [-0.1, -0.05) is 51.2 Å². The van der Waals surface area contributed by atoms with Crippen LogP contribution in [0.2, 0.25) is 0 Å². The van der Waals surface area contributed by atoms with E-state index in [4.69, 9.17) is 59.3 Å². The van der Waals surface area contributed by atoms with Gasteiger partial charge >= 0.3 is 11.9 Å². The number of allylic oxidation sites excluding steroid dienone is 2. The predicted molar refractivity (Wildman–Crippen MR) is 254 cm³/mol. The molecule has 0 saturated carbocycles. The highest BCUT2D eigenvalue weighted by Crippen LogP contribution is 2.53. The normalized spacial score (nSPS) is 46.2. The Morgan fingerprint density at radius 2 is 1.56 bits per heavy atom. The lowest BCUT2D eigenvalue weighted by Gasteiger charge is -2.54. The van der Waals surface area contributed by atoms with Crippen LogP contribution in [-0.2, 0) is 52.2 Å². The number of methoxy groups -OCH3 is 2. The largest absolute Gasteiger partial charge is 0.479 e. The van der Waals surface area contributed by atoms with Crippen molar-refractivity contribution >= 4 is 23.5 Å². The maximum absolute atomic E-state index is 13.9. The van der Waals surface area contributed by atoms with Crippen molar-refractivity contribution in [3.63, 3.8) is 0 Å². The third-order valence-electron chi connectivity index (χ3n) is 16.1. The number of halogens is 1. The van der Waals surface area contributed by atoms with Crippen LogP contribution in [0.5, 0.6) is 0 Å². The van der Waals surface area contributed by atoms with Crippen molar-refractivity contribution in [2.24, 2.45) is 17.8 Å². The van der Waals surface area contributed by atoms with E-state index in [-0.39, 0.29) is 56.5 Å². The van der Waals surface area contributed by atoms with Crippen LogP contribution in [-0.4, -0.2) is 165 Å². The fourth-order valence-corrected chi connectivity index (χ4v) is 12.1. The van der Waals surface area contributed by atoms with E-state index < -0.39 is 120 Å². The monoisotopic (exact) mass is 1010 g/mol. The van der Waals surface area contributed by atoms with Crippen LogP contribution in [0.3, 0.4) is 0 Å². The van der Waals surface area contributed by atoms with Crippen LogP contribution in [0.15, 0.2) is 36.5 Å². The van der Waals surface area contributed by atoms with E-state index in [1.54, 1.807) is 26.4 Å². The molecule has 17 nitrogen and oxygen atoms in total. The number of aliphatic hydroxyl groups excluding tert-OH is 5. The number of carbonyl (C=O) groups excluding carboxylic acids is 1. The van der Waals surface area contributed by atoms with Gasteiger partial charge < -0.3 is 73.3 Å². The first-order chi connectivity index (χ1) is 33.4. The van der Waals surface area contributed by atoms with Gasteiger partial charge in [-0.25, -0.2) is 4.79 Å². The second-order valence-corrected chi connectivity index (χ2v) is 21.9. The predicted octanol–water partition coefficient (Wildman–Crippen LogP) is 5.52. The molecule has 0 aromatic carbocycles. The zero-order valence-electron chi connectivity index (χ0n) is 41.6. The number of carbonyl (C=O) groups is 2. The standard InChI is InChI=1S/C52H81ClO17/c1-30-18-21-50-23-20-40(62-4)48(69-50)47(59)46(58)31(2)16-17-39-45(53)43(63-5)28-51(66-39)22-19-32(3)52(70-51)29-42(38(68-52)15-10-8-6-7-9-14-37(56)49(60)61)65-44(57)27-36-13-11-12-35(64-36)25-33(54)24-34(55)26-41(30)67-50/h7-10,18,21,30-43,45-48,54-56,58-59H,6,11-17,19-20,22-29H2,1-5H3,(H,60,61)/b9-7-,10-8+/t30-,31-,32+,33-,34-,35?,36?,37?,38+,39-,40-,41+,42+,43-,45-,46-,47-,48-,50-,51-,52+/m0/s1. The van der Waals surface area contributed by atoms with E-state index in [2.05, 4.69) is 6.92 Å². The van der Waals surface area contributed by atoms with Gasteiger partial charge in [0.15, 0.2) is 23.5 Å². The molecule has 0 amide bonds. The lowest BCUT2D eigenvalue weighted by Crippen LogP contribution is -2.61. The van der Waals surface area contributed by atoms with Gasteiger partial charge in [0, 0.05) is 64.6 Å². The van der Waals surface area contributed by atoms with Crippen molar-refractivity contribution in [2.45, 2.75) is 245 Å². The molecule has 0 radical (unpaired) electrons. The molecular formula is C52H81ClO17. The molecular weight excluding hydrogens is 932 g/mol. The minimum Gasteiger partial charge on any atom is -0.479 e. The summed E-state index contributed by atoms with van der Waals surface area (Å²) in [4.78, 5) is 24.9. The van der Waals surface area contributed by atoms with E-state index in [0.717, 1.165) is 6.42 Å². The van der Waals surface area contributed by atoms with Gasteiger partial charge in [0.1, 0.15) is 24.4 Å². The molecule has 18 heteroatoms. The van der Waals surface area contributed by atoms with Crippen molar-refractivity contribution in [3.8, 4) is 0 Å². The van der Waals surface area contributed by atoms with Gasteiger partial charge in [-0.3, -0.25) is 4.79 Å². The number of rotatable bonds is 9. The summed E-state index contributed by atoms with van der Waals surface area (Å²) in [6, 6.07) is 0. The Morgan fingerprint density at radius 1 is 0.814 bits per heavy atom. The molecule has 6 saturated heterocycles. The SMILES string of the molecule is CO[C@H]1C[C@@]23CC[C@@H](C)[C@@]4(C[C@@H](OC(=O)CC5CCCC(C[C@@H](O)C[C@H](O)C[C@H]6O[C@]7(C=C[C@@H]6C)CC[C@H](OC)[C@H](O7)[C@@H](O)[C@@H](O)[C@@H](C)CC[C@H](O2)[C@@H]1Cl)O5)[C@@H](C/C=C/C/C=C\CC(O)C(=O)O)O4)O3. The summed E-state index contributed by atoms with van der Waals surface area (Å²) >= 11 is 7.14. The molecule has 70 heavy (non-hydrogen) atoms. The summed E-state index contributed by atoms with van der Waals surface area (Å²) in [5.41, 5.74) is 0. The summed E-state index contributed by atoms with van der Waals surface area (Å²) in [6.45, 7) is 5.92. The molecule has 3 spiro atoms. The molecule has 0 aromatic heterocycles. The fourth-order valence-electron chi connectivity index (χ4n) is 11.8. The highest BCUT2D eigenvalue weighted by molar-refractivity contribution is 6.21. The van der Waals surface area contributed by atoms with Crippen LogP contribution in [0.25, 0.3) is 0 Å². The van der Waals surface area contributed by atoms with E-state index in [9.17, 15) is 35.1 Å². The van der Waals surface area contributed by atoms with Gasteiger partial charge in [0.2, 0.25) is 0 Å². The molecule has 7 aliphatic rings. The van der Waals surface area contributed by atoms with Crippen molar-refractivity contribution in [3.05, 3.63) is 36.5 Å². The van der Waals surface area contributed by atoms with Crippen LogP contribution in [0, 0.1) is 17.8 Å². The van der Waals surface area contributed by atoms with Crippen molar-refractivity contribution in [1.82, 2.24) is 0 Å². The van der Waals surface area contributed by atoms with E-state index in [0.29, 0.717) is 70.6 Å². The second-order valence-electron chi connectivity index (χ2n) is 21.4. The van der Waals surface area contributed by atoms with Crippen LogP contribution < -0.4 is 0 Å². The molecule has 6 N–H and O–H groups in total. The first-order valence-electron chi connectivity index (χ1n) is 25.9. The zero-order valence-corrected chi connectivity index (χ0v) is 42.4. The third kappa shape index (κ3) is 13.6. The quantitative estimate of drug-likeness (QED) is 0.0947. The van der Waals surface area contributed by atoms with Gasteiger partial charge in [-0.15, -0.1) is 11.6 Å². The molecule has 7 rings (SSSR count). The lowest BCUT2D eigenvalue weighted by molar-refractivity contribution is -0.413. The second kappa shape index (κ2) is 24.5. The molecule has 398 valence electrons. The number of hydrogen-bond acceptors (Lipinski definition) is 16. The lowest BCUT2D eigenvalue weighted by atomic mass is 9.82. The number of fused-ring (bicyclic) bond motifs is 6. The average molecular weight is 1010 g/mol. The van der Waals surface area contributed by atoms with Crippen LogP contribution in [0.4, 0.5) is 0 Å². The first-order valence-corrected chi connectivity index (χ1v) is 26.4. The van der Waals surface area contributed by atoms with Gasteiger partial charge in [-0.05, 0) is 82.6 Å². The topological polar surface area (TPSA) is 239 Å². The van der Waals surface area contributed by atoms with Crippen molar-refractivity contribution < 1.29 is 82.9 Å². The minimum absolute atomic E-state index is 0.0103. The smallest absolute Gasteiger partial charge is 0.332 e. The van der Waals surface area contributed by atoms with Gasteiger partial charge in [0.05, 0.1) is 66.7 Å². The highest BCUT2D eigenvalue weighted by atomic mass is 35.5. The van der Waals surface area contributed by atoms with Crippen LogP contribution in [0.1, 0.15) is 136 Å². The summed E-state index contributed by atoms with van der Waals surface area (Å²) in [5, 5.41) is 64.3. The first kappa shape index (κ1) is 55.7. The van der Waals surface area contributed by atoms with Gasteiger partial charge in [-0.2, -0.15) is 0 Å². The summed E-state index contributed by atoms with van der Waals surface area (Å²) < 4.78 is 58.8. The maximum Gasteiger partial charge on any atom is 0.332 e. The molecule has 21 atom stereocenters. The molecule has 6 fully saturated rings. The molecule has 7 aliphatic heterocycles. The van der Waals surface area contributed by atoms with Gasteiger partial charge in [0.25, 0.3) is 0 Å². The number of alkyl halides is 1. The Bertz CT molecular complexity index is 1800. The van der Waals surface area contributed by atoms with E-state index in [1.165, 1.54) is 0 Å². The van der Waals surface area contributed by atoms with Crippen molar-refractivity contribution in [1.29, 1.82) is 0 Å². The number of hydrogen-bond donors (Lipinski definition) is 6. The Kier molecular flexibility index (Phi) is 19.5. The molecule has 9 bridgehead atoms. The maximum atomic E-state index is 13.9. The summed E-state index contributed by atoms with van der Waals surface area (Å²) in [7, 11) is 3.17. The number of esters is 1. The van der Waals surface area contributed by atoms with Crippen molar-refractivity contribution in [2.75, 3.05) is 14.2 Å². The number of aliphatic carboxylic acids is 1. The number of carboxylic acid groups (broad SMARTS) is 1. The van der Waals surface area contributed by atoms with E-state index in [1.807, 2.05) is 38.2 Å². The summed E-state index contributed by atoms with van der Waals surface area (Å²) in [6.07, 6.45) is 7.36. The highest BCUT2D eigenvalue weighted by Gasteiger charge is 2.61. The third-order valence-corrected chi connectivity index (χ3v) is 16.6. The number of aliphatic hydroxyl groups is 5. The Balaban J connectivity index is 1.13. The fraction of sp³-hybridized carbons (Fsp3) is 0.846. The summed E-state index contributed by atoms with van der Waals surface area (Å²) in [5.74, 6) is -5.95. The van der Waals surface area contributed by atoms with Crippen LogP contribution >= 0.6 is 11.6 Å². The number of ether oxygens (including phenoxy) is 9. The molecule has 3 unspecified atom stereocenters. The van der Waals surface area contributed by atoms with E-state index >= 15 is 0 Å². The Labute approximate surface area is 418 Å². The Morgan fingerprint density at radius 3 is 2.31 bits per heavy atom. The molecule has 7 heterocycles. The molecule has 0 aromatic rings. The minimum atomic E-state index is -1.47. The zero-order chi connectivity index (χ0) is 50.4. The number of carboxylic acids is 1. The molecule has 0 aliphatic carbocycles. The Hall–Kier alpha value is -2.07.